The third kappa shape index (κ3) is 2.66. The van der Waals surface area contributed by atoms with Crippen LogP contribution in [0.4, 0.5) is 0 Å². The molecule has 6 heteroatoms. The van der Waals surface area contributed by atoms with Gasteiger partial charge in [-0.3, -0.25) is 4.98 Å². The van der Waals surface area contributed by atoms with Gasteiger partial charge >= 0.3 is 0 Å². The fraction of sp³-hybridized carbons (Fsp3) is 0.118. The van der Waals surface area contributed by atoms with Gasteiger partial charge in [0.05, 0.1) is 23.9 Å². The standard InChI is InChI=1S/C17H14BrN5/c1-22-16-7-14(18)2-3-15(16)21-17(22)13-6-12(8-20-9-13)10-23-5-4-19-11-23/h2-9,11H,10H2,1H3. The number of aryl methyl sites for hydroxylation is 1. The van der Waals surface area contributed by atoms with Gasteiger partial charge in [0.2, 0.25) is 0 Å². The molecular weight excluding hydrogens is 354 g/mol. The molecule has 0 spiro atoms. The number of fused-ring (bicyclic) bond motifs is 1. The summed E-state index contributed by atoms with van der Waals surface area (Å²) >= 11 is 3.51. The van der Waals surface area contributed by atoms with Crippen molar-refractivity contribution in [2.24, 2.45) is 7.05 Å². The minimum absolute atomic E-state index is 0.746. The van der Waals surface area contributed by atoms with Crippen molar-refractivity contribution < 1.29 is 0 Å². The highest BCUT2D eigenvalue weighted by Gasteiger charge is 2.11. The minimum atomic E-state index is 0.746. The number of benzene rings is 1. The van der Waals surface area contributed by atoms with E-state index < -0.39 is 0 Å². The summed E-state index contributed by atoms with van der Waals surface area (Å²) in [6, 6.07) is 8.23. The summed E-state index contributed by atoms with van der Waals surface area (Å²) < 4.78 is 5.16. The van der Waals surface area contributed by atoms with E-state index in [2.05, 4.69) is 42.6 Å². The molecule has 0 saturated heterocycles. The third-order valence-corrected chi connectivity index (χ3v) is 4.31. The number of nitrogens with zero attached hydrogens (tertiary/aromatic N) is 5. The van der Waals surface area contributed by atoms with Crippen LogP contribution < -0.4 is 0 Å². The maximum absolute atomic E-state index is 4.74. The molecule has 3 aromatic heterocycles. The molecule has 0 atom stereocenters. The molecule has 3 heterocycles. The zero-order valence-corrected chi connectivity index (χ0v) is 14.1. The molecule has 1 aromatic carbocycles. The molecule has 0 N–H and O–H groups in total. The second-order valence-electron chi connectivity index (χ2n) is 5.44. The number of rotatable bonds is 3. The molecule has 0 fully saturated rings. The summed E-state index contributed by atoms with van der Waals surface area (Å²) in [4.78, 5) is 13.2. The lowest BCUT2D eigenvalue weighted by Crippen LogP contribution is -1.99. The van der Waals surface area contributed by atoms with Gasteiger partial charge in [0.1, 0.15) is 5.82 Å². The molecular formula is C17H14BrN5. The van der Waals surface area contributed by atoms with Crippen molar-refractivity contribution in [1.82, 2.24) is 24.1 Å². The predicted octanol–water partition coefficient (Wildman–Crippen LogP) is 3.64. The molecule has 114 valence electrons. The molecule has 0 unspecified atom stereocenters. The molecule has 5 nitrogen and oxygen atoms in total. The van der Waals surface area contributed by atoms with Gasteiger partial charge in [-0.1, -0.05) is 15.9 Å². The Hall–Kier alpha value is -2.47. The number of pyridine rings is 1. The SMILES string of the molecule is Cn1c(-c2cncc(Cn3ccnc3)c2)nc2ccc(Br)cc21. The second kappa shape index (κ2) is 5.62. The van der Waals surface area contributed by atoms with Crippen LogP contribution in [-0.4, -0.2) is 24.1 Å². The topological polar surface area (TPSA) is 48.5 Å². The Labute approximate surface area is 141 Å². The van der Waals surface area contributed by atoms with Gasteiger partial charge in [0.25, 0.3) is 0 Å². The van der Waals surface area contributed by atoms with E-state index in [9.17, 15) is 0 Å². The normalized spacial score (nSPS) is 11.2. The Balaban J connectivity index is 1.77. The van der Waals surface area contributed by atoms with E-state index in [1.807, 2.05) is 42.3 Å². The zero-order chi connectivity index (χ0) is 15.8. The quantitative estimate of drug-likeness (QED) is 0.555. The van der Waals surface area contributed by atoms with Crippen LogP contribution >= 0.6 is 15.9 Å². The molecule has 23 heavy (non-hydrogen) atoms. The van der Waals surface area contributed by atoms with Crippen molar-refractivity contribution in [3.63, 3.8) is 0 Å². The molecule has 4 rings (SSSR count). The van der Waals surface area contributed by atoms with Gasteiger partial charge in [0, 0.05) is 41.9 Å². The number of hydrogen-bond donors (Lipinski definition) is 0. The van der Waals surface area contributed by atoms with Crippen molar-refractivity contribution in [3.05, 3.63) is 65.4 Å². The monoisotopic (exact) mass is 367 g/mol. The van der Waals surface area contributed by atoms with Crippen molar-refractivity contribution >= 4 is 27.0 Å². The Morgan fingerprint density at radius 1 is 1.13 bits per heavy atom. The summed E-state index contributed by atoms with van der Waals surface area (Å²) in [5.74, 6) is 0.915. The molecule has 4 aromatic rings. The van der Waals surface area contributed by atoms with Crippen LogP contribution in [-0.2, 0) is 13.6 Å². The summed E-state index contributed by atoms with van der Waals surface area (Å²) in [6.07, 6.45) is 9.26. The van der Waals surface area contributed by atoms with Gasteiger partial charge < -0.3 is 9.13 Å². The number of aromatic nitrogens is 5. The van der Waals surface area contributed by atoms with Gasteiger partial charge in [-0.25, -0.2) is 9.97 Å². The Bertz CT molecular complexity index is 972. The van der Waals surface area contributed by atoms with E-state index in [4.69, 9.17) is 4.98 Å². The fourth-order valence-corrected chi connectivity index (χ4v) is 3.06. The first-order valence-electron chi connectivity index (χ1n) is 7.23. The first-order chi connectivity index (χ1) is 11.2. The number of hydrogen-bond acceptors (Lipinski definition) is 3. The lowest BCUT2D eigenvalue weighted by molar-refractivity contribution is 0.793. The van der Waals surface area contributed by atoms with Gasteiger partial charge in [0.15, 0.2) is 0 Å². The van der Waals surface area contributed by atoms with Crippen molar-refractivity contribution in [1.29, 1.82) is 0 Å². The Kier molecular flexibility index (Phi) is 3.46. The van der Waals surface area contributed by atoms with Crippen LogP contribution in [0.15, 0.2) is 59.9 Å². The Morgan fingerprint density at radius 3 is 2.87 bits per heavy atom. The first-order valence-corrected chi connectivity index (χ1v) is 8.02. The predicted molar refractivity (Wildman–Crippen MR) is 93.0 cm³/mol. The summed E-state index contributed by atoms with van der Waals surface area (Å²) in [5, 5.41) is 0. The maximum Gasteiger partial charge on any atom is 0.142 e. The lowest BCUT2D eigenvalue weighted by atomic mass is 10.2. The van der Waals surface area contributed by atoms with E-state index in [1.165, 1.54) is 0 Å². The van der Waals surface area contributed by atoms with Crippen LogP contribution in [0.2, 0.25) is 0 Å². The maximum atomic E-state index is 4.74. The first kappa shape index (κ1) is 14.1. The van der Waals surface area contributed by atoms with Gasteiger partial charge in [-0.15, -0.1) is 0 Å². The molecule has 0 aliphatic heterocycles. The van der Waals surface area contributed by atoms with Crippen LogP contribution in [0.3, 0.4) is 0 Å². The van der Waals surface area contributed by atoms with Crippen LogP contribution in [0, 0.1) is 0 Å². The molecule has 0 amide bonds. The highest BCUT2D eigenvalue weighted by Crippen LogP contribution is 2.26. The largest absolute Gasteiger partial charge is 0.333 e. The average molecular weight is 368 g/mol. The highest BCUT2D eigenvalue weighted by molar-refractivity contribution is 9.10. The molecule has 0 saturated carbocycles. The van der Waals surface area contributed by atoms with E-state index >= 15 is 0 Å². The van der Waals surface area contributed by atoms with E-state index in [0.717, 1.165) is 39.0 Å². The summed E-state index contributed by atoms with van der Waals surface area (Å²) in [7, 11) is 2.03. The number of halogens is 1. The summed E-state index contributed by atoms with van der Waals surface area (Å²) in [5.41, 5.74) is 4.20. The smallest absolute Gasteiger partial charge is 0.142 e. The minimum Gasteiger partial charge on any atom is -0.333 e. The molecule has 0 bridgehead atoms. The molecule has 0 radical (unpaired) electrons. The average Bonchev–Trinajstić information content (AvgIpc) is 3.16. The van der Waals surface area contributed by atoms with Gasteiger partial charge in [-0.2, -0.15) is 0 Å². The van der Waals surface area contributed by atoms with Crippen molar-refractivity contribution in [2.75, 3.05) is 0 Å². The third-order valence-electron chi connectivity index (χ3n) is 3.82. The number of imidazole rings is 2. The lowest BCUT2D eigenvalue weighted by Gasteiger charge is -2.06. The van der Waals surface area contributed by atoms with E-state index in [-0.39, 0.29) is 0 Å². The fourth-order valence-electron chi connectivity index (χ4n) is 2.71. The highest BCUT2D eigenvalue weighted by atomic mass is 79.9. The summed E-state index contributed by atoms with van der Waals surface area (Å²) in [6.45, 7) is 0.746. The second-order valence-corrected chi connectivity index (χ2v) is 6.36. The van der Waals surface area contributed by atoms with Crippen LogP contribution in [0.5, 0.6) is 0 Å². The van der Waals surface area contributed by atoms with Crippen LogP contribution in [0.1, 0.15) is 5.56 Å². The van der Waals surface area contributed by atoms with Gasteiger partial charge in [-0.05, 0) is 29.8 Å². The van der Waals surface area contributed by atoms with E-state index in [0.29, 0.717) is 0 Å². The molecule has 0 aliphatic rings. The van der Waals surface area contributed by atoms with Crippen molar-refractivity contribution in [3.8, 4) is 11.4 Å². The van der Waals surface area contributed by atoms with E-state index in [1.54, 1.807) is 12.5 Å². The zero-order valence-electron chi connectivity index (χ0n) is 12.5. The molecule has 0 aliphatic carbocycles. The Morgan fingerprint density at radius 2 is 2.04 bits per heavy atom. The van der Waals surface area contributed by atoms with Crippen molar-refractivity contribution in [2.45, 2.75) is 6.54 Å². The van der Waals surface area contributed by atoms with Crippen LogP contribution in [0.25, 0.3) is 22.4 Å².